The third-order valence-corrected chi connectivity index (χ3v) is 3.26. The van der Waals surface area contributed by atoms with E-state index in [2.05, 4.69) is 26.7 Å². The zero-order valence-corrected chi connectivity index (χ0v) is 12.8. The van der Waals surface area contributed by atoms with Gasteiger partial charge < -0.3 is 15.2 Å². The molecule has 0 radical (unpaired) electrons. The Balaban J connectivity index is 2.05. The Labute approximate surface area is 129 Å². The van der Waals surface area contributed by atoms with Crippen molar-refractivity contribution in [1.82, 2.24) is 15.5 Å². The van der Waals surface area contributed by atoms with Crippen molar-refractivity contribution in [3.63, 3.8) is 0 Å². The lowest BCUT2D eigenvalue weighted by atomic mass is 10.1. The molecule has 2 aromatic heterocycles. The molecule has 0 aliphatic heterocycles. The smallest absolute Gasteiger partial charge is 0.253 e. The average molecular weight is 298 g/mol. The standard InChI is InChI=1S/C16H18N4O2/c1-5-8-17-16(21)13-6-7-14(18-9-13)19-10(2)15-11(3)20-22-12(15)4/h1,6-7,9-10H,8H2,2-4H3,(H,17,21)(H,18,19). The van der Waals surface area contributed by atoms with Crippen molar-refractivity contribution in [3.05, 3.63) is 40.9 Å². The van der Waals surface area contributed by atoms with Crippen LogP contribution in [0.2, 0.25) is 0 Å². The number of carbonyl (C=O) groups is 1. The first-order valence-corrected chi connectivity index (χ1v) is 6.90. The first-order chi connectivity index (χ1) is 10.5. The molecule has 22 heavy (non-hydrogen) atoms. The van der Waals surface area contributed by atoms with Crippen LogP contribution < -0.4 is 10.6 Å². The van der Waals surface area contributed by atoms with Crippen LogP contribution in [-0.4, -0.2) is 22.6 Å². The van der Waals surface area contributed by atoms with Crippen molar-refractivity contribution >= 4 is 11.7 Å². The van der Waals surface area contributed by atoms with Gasteiger partial charge in [-0.15, -0.1) is 6.42 Å². The number of terminal acetylenes is 1. The summed E-state index contributed by atoms with van der Waals surface area (Å²) in [5.41, 5.74) is 2.33. The summed E-state index contributed by atoms with van der Waals surface area (Å²) in [4.78, 5) is 16.0. The van der Waals surface area contributed by atoms with Crippen molar-refractivity contribution in [2.45, 2.75) is 26.8 Å². The lowest BCUT2D eigenvalue weighted by Crippen LogP contribution is -2.23. The van der Waals surface area contributed by atoms with E-state index in [1.807, 2.05) is 20.8 Å². The fourth-order valence-corrected chi connectivity index (χ4v) is 2.25. The highest BCUT2D eigenvalue weighted by molar-refractivity contribution is 5.94. The van der Waals surface area contributed by atoms with Crippen molar-refractivity contribution < 1.29 is 9.32 Å². The Kier molecular flexibility index (Phi) is 4.79. The number of amides is 1. The predicted molar refractivity (Wildman–Crippen MR) is 83.4 cm³/mol. The second-order valence-electron chi connectivity index (χ2n) is 4.92. The molecule has 1 atom stereocenters. The second kappa shape index (κ2) is 6.76. The summed E-state index contributed by atoms with van der Waals surface area (Å²) < 4.78 is 5.16. The minimum absolute atomic E-state index is 0.000123. The highest BCUT2D eigenvalue weighted by atomic mass is 16.5. The van der Waals surface area contributed by atoms with Gasteiger partial charge in [-0.05, 0) is 32.9 Å². The number of carbonyl (C=O) groups excluding carboxylic acids is 1. The molecule has 0 spiro atoms. The van der Waals surface area contributed by atoms with Gasteiger partial charge in [-0.3, -0.25) is 4.79 Å². The second-order valence-corrected chi connectivity index (χ2v) is 4.92. The summed E-state index contributed by atoms with van der Waals surface area (Å²) in [7, 11) is 0. The van der Waals surface area contributed by atoms with Gasteiger partial charge in [-0.1, -0.05) is 11.1 Å². The molecule has 0 aliphatic carbocycles. The summed E-state index contributed by atoms with van der Waals surface area (Å²) in [6.07, 6.45) is 6.61. The molecule has 0 saturated carbocycles. The van der Waals surface area contributed by atoms with E-state index in [0.29, 0.717) is 11.4 Å². The quantitative estimate of drug-likeness (QED) is 0.827. The molecule has 0 fully saturated rings. The van der Waals surface area contributed by atoms with Crippen LogP contribution in [0, 0.1) is 26.2 Å². The van der Waals surface area contributed by atoms with Crippen LogP contribution in [0.4, 0.5) is 5.82 Å². The Morgan fingerprint density at radius 3 is 2.77 bits per heavy atom. The van der Waals surface area contributed by atoms with E-state index in [1.54, 1.807) is 12.1 Å². The van der Waals surface area contributed by atoms with Crippen LogP contribution in [0.5, 0.6) is 0 Å². The molecule has 2 heterocycles. The topological polar surface area (TPSA) is 80.0 Å². The molecule has 0 saturated heterocycles. The van der Waals surface area contributed by atoms with Gasteiger partial charge in [0.15, 0.2) is 0 Å². The molecule has 2 rings (SSSR count). The SMILES string of the molecule is C#CCNC(=O)c1ccc(NC(C)c2c(C)noc2C)nc1. The molecule has 114 valence electrons. The number of hydrogen-bond acceptors (Lipinski definition) is 5. The molecule has 1 unspecified atom stereocenters. The predicted octanol–water partition coefficient (Wildman–Crippen LogP) is 2.22. The number of anilines is 1. The minimum Gasteiger partial charge on any atom is -0.363 e. The largest absolute Gasteiger partial charge is 0.363 e. The van der Waals surface area contributed by atoms with Crippen LogP contribution in [0.15, 0.2) is 22.9 Å². The Morgan fingerprint density at radius 2 is 2.23 bits per heavy atom. The lowest BCUT2D eigenvalue weighted by Gasteiger charge is -2.14. The summed E-state index contributed by atoms with van der Waals surface area (Å²) in [6, 6.07) is 3.45. The van der Waals surface area contributed by atoms with Gasteiger partial charge in [0.1, 0.15) is 11.6 Å². The number of aromatic nitrogens is 2. The molecule has 2 aromatic rings. The summed E-state index contributed by atoms with van der Waals surface area (Å²) in [5.74, 6) is 3.56. The van der Waals surface area contributed by atoms with Gasteiger partial charge in [-0.25, -0.2) is 4.98 Å². The summed E-state index contributed by atoms with van der Waals surface area (Å²) in [5, 5.41) is 9.79. The number of rotatable bonds is 5. The number of nitrogens with zero attached hydrogens (tertiary/aromatic N) is 2. The van der Waals surface area contributed by atoms with Crippen molar-refractivity contribution in [2.24, 2.45) is 0 Å². The van der Waals surface area contributed by atoms with Crippen molar-refractivity contribution in [3.8, 4) is 12.3 Å². The van der Waals surface area contributed by atoms with Crippen molar-refractivity contribution in [1.29, 1.82) is 0 Å². The fourth-order valence-electron chi connectivity index (χ4n) is 2.25. The van der Waals surface area contributed by atoms with Gasteiger partial charge in [0.2, 0.25) is 0 Å². The van der Waals surface area contributed by atoms with Crippen LogP contribution in [0.1, 0.15) is 40.3 Å². The van der Waals surface area contributed by atoms with Crippen molar-refractivity contribution in [2.75, 3.05) is 11.9 Å². The molecule has 6 heteroatoms. The van der Waals surface area contributed by atoms with E-state index < -0.39 is 0 Å². The van der Waals surface area contributed by atoms with Crippen LogP contribution in [-0.2, 0) is 0 Å². The van der Waals surface area contributed by atoms with Crippen LogP contribution in [0.3, 0.4) is 0 Å². The van der Waals surface area contributed by atoms with Crippen LogP contribution in [0.25, 0.3) is 0 Å². The van der Waals surface area contributed by atoms with Gasteiger partial charge in [0.25, 0.3) is 5.91 Å². The van der Waals surface area contributed by atoms with E-state index in [-0.39, 0.29) is 18.5 Å². The summed E-state index contributed by atoms with van der Waals surface area (Å²) >= 11 is 0. The molecule has 6 nitrogen and oxygen atoms in total. The maximum Gasteiger partial charge on any atom is 0.253 e. The maximum atomic E-state index is 11.7. The highest BCUT2D eigenvalue weighted by Crippen LogP contribution is 2.24. The van der Waals surface area contributed by atoms with Crippen LogP contribution >= 0.6 is 0 Å². The zero-order chi connectivity index (χ0) is 16.1. The Bertz CT molecular complexity index is 678. The first-order valence-electron chi connectivity index (χ1n) is 6.90. The van der Waals surface area contributed by atoms with E-state index in [9.17, 15) is 4.79 Å². The number of aryl methyl sites for hydroxylation is 2. The third-order valence-electron chi connectivity index (χ3n) is 3.26. The van der Waals surface area contributed by atoms with E-state index in [4.69, 9.17) is 10.9 Å². The molecule has 0 bridgehead atoms. The van der Waals surface area contributed by atoms with Gasteiger partial charge >= 0.3 is 0 Å². The Morgan fingerprint density at radius 1 is 1.45 bits per heavy atom. The Hall–Kier alpha value is -2.81. The van der Waals surface area contributed by atoms with Gasteiger partial charge in [-0.2, -0.15) is 0 Å². The molecular weight excluding hydrogens is 280 g/mol. The minimum atomic E-state index is -0.240. The van der Waals surface area contributed by atoms with Gasteiger partial charge in [0.05, 0.1) is 23.8 Å². The highest BCUT2D eigenvalue weighted by Gasteiger charge is 2.16. The number of nitrogens with one attached hydrogen (secondary N) is 2. The number of hydrogen-bond donors (Lipinski definition) is 2. The summed E-state index contributed by atoms with van der Waals surface area (Å²) in [6.45, 7) is 5.97. The lowest BCUT2D eigenvalue weighted by molar-refractivity contribution is 0.0958. The molecule has 0 aromatic carbocycles. The average Bonchev–Trinajstić information content (AvgIpc) is 2.84. The monoisotopic (exact) mass is 298 g/mol. The normalized spacial score (nSPS) is 11.5. The molecule has 1 amide bonds. The molecule has 0 aliphatic rings. The third kappa shape index (κ3) is 3.44. The van der Waals surface area contributed by atoms with E-state index in [0.717, 1.165) is 17.0 Å². The van der Waals surface area contributed by atoms with E-state index >= 15 is 0 Å². The zero-order valence-electron chi connectivity index (χ0n) is 12.8. The van der Waals surface area contributed by atoms with E-state index in [1.165, 1.54) is 6.20 Å². The maximum absolute atomic E-state index is 11.7. The van der Waals surface area contributed by atoms with Gasteiger partial charge in [0, 0.05) is 11.8 Å². The number of pyridine rings is 1. The molecular formula is C16H18N4O2. The fraction of sp³-hybridized carbons (Fsp3) is 0.312. The first kappa shape index (κ1) is 15.6. The molecule has 2 N–H and O–H groups in total.